The number of piperidine rings is 1. The van der Waals surface area contributed by atoms with Crippen molar-refractivity contribution in [1.82, 2.24) is 15.1 Å². The number of H-pyrrole nitrogens is 1. The first-order valence-corrected chi connectivity index (χ1v) is 7.89. The molecule has 0 aromatic carbocycles. The van der Waals surface area contributed by atoms with Gasteiger partial charge in [0.15, 0.2) is 0 Å². The van der Waals surface area contributed by atoms with Crippen molar-refractivity contribution < 1.29 is 9.53 Å². The second-order valence-corrected chi connectivity index (χ2v) is 6.22. The first-order chi connectivity index (χ1) is 9.94. The van der Waals surface area contributed by atoms with Crippen LogP contribution in [0.15, 0.2) is 12.4 Å². The Morgan fingerprint density at radius 3 is 2.48 bits per heavy atom. The SMILES string of the molecule is CC.CC(C)(C)OC(=O)N1CCC(Cc2cn[nH]c2)CC1. The molecule has 1 N–H and O–H groups in total. The molecule has 0 unspecified atom stereocenters. The van der Waals surface area contributed by atoms with Crippen LogP contribution in [-0.4, -0.2) is 39.9 Å². The molecule has 5 nitrogen and oxygen atoms in total. The monoisotopic (exact) mass is 295 g/mol. The summed E-state index contributed by atoms with van der Waals surface area (Å²) in [6, 6.07) is 0. The first kappa shape index (κ1) is 17.5. The lowest BCUT2D eigenvalue weighted by Crippen LogP contribution is -2.42. The highest BCUT2D eigenvalue weighted by Gasteiger charge is 2.26. The number of likely N-dealkylation sites (tertiary alicyclic amines) is 1. The van der Waals surface area contributed by atoms with Gasteiger partial charge >= 0.3 is 6.09 Å². The van der Waals surface area contributed by atoms with E-state index in [0.29, 0.717) is 5.92 Å². The molecular weight excluding hydrogens is 266 g/mol. The van der Waals surface area contributed by atoms with Gasteiger partial charge in [0.2, 0.25) is 0 Å². The zero-order valence-corrected chi connectivity index (χ0v) is 14.0. The standard InChI is InChI=1S/C14H23N3O2.C2H6/c1-14(2,3)19-13(18)17-6-4-11(5-7-17)8-12-9-15-16-10-12;1-2/h9-11H,4-8H2,1-3H3,(H,15,16);1-2H3. The number of hydrogen-bond acceptors (Lipinski definition) is 3. The molecule has 0 atom stereocenters. The van der Waals surface area contributed by atoms with Crippen LogP contribution in [0.1, 0.15) is 53.0 Å². The van der Waals surface area contributed by atoms with Crippen molar-refractivity contribution in [3.8, 4) is 0 Å². The average Bonchev–Trinajstić information content (AvgIpc) is 2.93. The number of ether oxygens (including phenoxy) is 1. The number of carbonyl (C=O) groups excluding carboxylic acids is 1. The Morgan fingerprint density at radius 2 is 2.00 bits per heavy atom. The predicted octanol–water partition coefficient (Wildman–Crippen LogP) is 3.63. The van der Waals surface area contributed by atoms with Crippen LogP contribution in [0.3, 0.4) is 0 Å². The minimum atomic E-state index is -0.412. The highest BCUT2D eigenvalue weighted by atomic mass is 16.6. The Morgan fingerprint density at radius 1 is 1.38 bits per heavy atom. The van der Waals surface area contributed by atoms with E-state index in [9.17, 15) is 4.79 Å². The Balaban J connectivity index is 0.00000106. The van der Waals surface area contributed by atoms with E-state index in [4.69, 9.17) is 4.74 Å². The van der Waals surface area contributed by atoms with Crippen molar-refractivity contribution in [3.05, 3.63) is 18.0 Å². The Bertz CT molecular complexity index is 402. The molecule has 2 heterocycles. The van der Waals surface area contributed by atoms with Crippen LogP contribution in [0, 0.1) is 5.92 Å². The van der Waals surface area contributed by atoms with E-state index in [2.05, 4.69) is 10.2 Å². The lowest BCUT2D eigenvalue weighted by Gasteiger charge is -2.33. The van der Waals surface area contributed by atoms with Crippen LogP contribution in [0.2, 0.25) is 0 Å². The molecule has 1 aliphatic rings. The molecule has 0 saturated carbocycles. The molecule has 1 aromatic heterocycles. The lowest BCUT2D eigenvalue weighted by atomic mass is 9.91. The summed E-state index contributed by atoms with van der Waals surface area (Å²) in [5.74, 6) is 0.635. The van der Waals surface area contributed by atoms with Gasteiger partial charge in [-0.3, -0.25) is 5.10 Å². The highest BCUT2D eigenvalue weighted by Crippen LogP contribution is 2.22. The maximum Gasteiger partial charge on any atom is 0.410 e. The van der Waals surface area contributed by atoms with Gasteiger partial charge in [-0.05, 0) is 51.5 Å². The predicted molar refractivity (Wildman–Crippen MR) is 84.2 cm³/mol. The topological polar surface area (TPSA) is 58.2 Å². The van der Waals surface area contributed by atoms with Gasteiger partial charge in [0, 0.05) is 19.3 Å². The van der Waals surface area contributed by atoms with E-state index in [-0.39, 0.29) is 6.09 Å². The molecule has 0 spiro atoms. The van der Waals surface area contributed by atoms with Crippen molar-refractivity contribution in [2.24, 2.45) is 5.92 Å². The van der Waals surface area contributed by atoms with E-state index in [1.807, 2.05) is 51.9 Å². The molecule has 5 heteroatoms. The van der Waals surface area contributed by atoms with Gasteiger partial charge in [0.05, 0.1) is 6.20 Å². The summed E-state index contributed by atoms with van der Waals surface area (Å²) in [6.45, 7) is 11.3. The van der Waals surface area contributed by atoms with Crippen molar-refractivity contribution in [3.63, 3.8) is 0 Å². The third-order valence-corrected chi connectivity index (χ3v) is 3.35. The molecule has 0 aliphatic carbocycles. The van der Waals surface area contributed by atoms with Gasteiger partial charge in [-0.25, -0.2) is 4.79 Å². The van der Waals surface area contributed by atoms with Gasteiger partial charge in [-0.15, -0.1) is 0 Å². The van der Waals surface area contributed by atoms with E-state index in [0.717, 1.165) is 32.4 Å². The van der Waals surface area contributed by atoms with Crippen LogP contribution in [0.5, 0.6) is 0 Å². The fraction of sp³-hybridized carbons (Fsp3) is 0.750. The van der Waals surface area contributed by atoms with Crippen molar-refractivity contribution in [2.75, 3.05) is 13.1 Å². The maximum absolute atomic E-state index is 11.9. The number of nitrogens with one attached hydrogen (secondary N) is 1. The summed E-state index contributed by atoms with van der Waals surface area (Å²) in [6.07, 6.45) is 6.74. The van der Waals surface area contributed by atoms with E-state index in [1.54, 1.807) is 0 Å². The molecular formula is C16H29N3O2. The van der Waals surface area contributed by atoms with Gasteiger partial charge in [0.1, 0.15) is 5.60 Å². The minimum Gasteiger partial charge on any atom is -0.444 e. The first-order valence-electron chi connectivity index (χ1n) is 7.89. The third kappa shape index (κ3) is 6.19. The smallest absolute Gasteiger partial charge is 0.410 e. The molecule has 120 valence electrons. The molecule has 2 rings (SSSR count). The zero-order valence-electron chi connectivity index (χ0n) is 14.0. The largest absolute Gasteiger partial charge is 0.444 e. The second kappa shape index (κ2) is 8.05. The molecule has 1 saturated heterocycles. The van der Waals surface area contributed by atoms with Crippen LogP contribution in [0.4, 0.5) is 4.79 Å². The molecule has 1 amide bonds. The summed E-state index contributed by atoms with van der Waals surface area (Å²) in [7, 11) is 0. The lowest BCUT2D eigenvalue weighted by molar-refractivity contribution is 0.0184. The number of rotatable bonds is 2. The fourth-order valence-electron chi connectivity index (χ4n) is 2.37. The zero-order chi connectivity index (χ0) is 15.9. The number of hydrogen-bond donors (Lipinski definition) is 1. The van der Waals surface area contributed by atoms with Crippen LogP contribution < -0.4 is 0 Å². The Hall–Kier alpha value is -1.52. The number of nitrogens with zero attached hydrogens (tertiary/aromatic N) is 2. The molecule has 1 aliphatic heterocycles. The van der Waals surface area contributed by atoms with E-state index < -0.39 is 5.60 Å². The van der Waals surface area contributed by atoms with E-state index >= 15 is 0 Å². The fourth-order valence-corrected chi connectivity index (χ4v) is 2.37. The van der Waals surface area contributed by atoms with E-state index in [1.165, 1.54) is 5.56 Å². The number of amides is 1. The molecule has 0 bridgehead atoms. The average molecular weight is 295 g/mol. The highest BCUT2D eigenvalue weighted by molar-refractivity contribution is 5.68. The molecule has 1 aromatic rings. The summed E-state index contributed by atoms with van der Waals surface area (Å²) < 4.78 is 5.39. The van der Waals surface area contributed by atoms with Gasteiger partial charge < -0.3 is 9.64 Å². The molecule has 0 radical (unpaired) electrons. The van der Waals surface area contributed by atoms with Gasteiger partial charge in [-0.2, -0.15) is 5.10 Å². The van der Waals surface area contributed by atoms with Crippen LogP contribution >= 0.6 is 0 Å². The van der Waals surface area contributed by atoms with Crippen molar-refractivity contribution in [2.45, 2.75) is 59.5 Å². The quantitative estimate of drug-likeness (QED) is 0.906. The van der Waals surface area contributed by atoms with Crippen LogP contribution in [-0.2, 0) is 11.2 Å². The normalized spacial score (nSPS) is 16.1. The maximum atomic E-state index is 11.9. The van der Waals surface area contributed by atoms with Gasteiger partial charge in [-0.1, -0.05) is 13.8 Å². The molecule has 21 heavy (non-hydrogen) atoms. The summed E-state index contributed by atoms with van der Waals surface area (Å²) in [5.41, 5.74) is 0.834. The van der Waals surface area contributed by atoms with Crippen molar-refractivity contribution in [1.29, 1.82) is 0 Å². The minimum absolute atomic E-state index is 0.186. The number of aromatic amines is 1. The third-order valence-electron chi connectivity index (χ3n) is 3.35. The molecule has 1 fully saturated rings. The summed E-state index contributed by atoms with van der Waals surface area (Å²) >= 11 is 0. The number of aromatic nitrogens is 2. The summed E-state index contributed by atoms with van der Waals surface area (Å²) in [5, 5.41) is 6.80. The van der Waals surface area contributed by atoms with Crippen molar-refractivity contribution >= 4 is 6.09 Å². The van der Waals surface area contributed by atoms with Gasteiger partial charge in [0.25, 0.3) is 0 Å². The Labute approximate surface area is 128 Å². The second-order valence-electron chi connectivity index (χ2n) is 6.22. The Kier molecular flexibility index (Phi) is 6.72. The van der Waals surface area contributed by atoms with Crippen LogP contribution in [0.25, 0.3) is 0 Å². The number of carbonyl (C=O) groups is 1. The summed E-state index contributed by atoms with van der Waals surface area (Å²) in [4.78, 5) is 13.7.